The van der Waals surface area contributed by atoms with E-state index in [-0.39, 0.29) is 0 Å². The number of nitrogens with zero attached hydrogens (tertiary/aromatic N) is 3. The first-order valence-electron chi connectivity index (χ1n) is 8.45. The lowest BCUT2D eigenvalue weighted by molar-refractivity contribution is -0.119. The van der Waals surface area contributed by atoms with Crippen LogP contribution >= 0.6 is 23.4 Å². The number of para-hydroxylation sites is 1. The van der Waals surface area contributed by atoms with E-state index < -0.39 is 17.2 Å². The van der Waals surface area contributed by atoms with Gasteiger partial charge in [0, 0.05) is 23.3 Å². The topological polar surface area (TPSA) is 88.9 Å². The molecule has 0 aliphatic heterocycles. The molecule has 2 N–H and O–H groups in total. The van der Waals surface area contributed by atoms with Crippen LogP contribution in [-0.2, 0) is 4.79 Å². The van der Waals surface area contributed by atoms with E-state index >= 15 is 0 Å². The lowest BCUT2D eigenvalue weighted by atomic mass is 10.2. The van der Waals surface area contributed by atoms with Gasteiger partial charge in [0.05, 0.1) is 5.25 Å². The van der Waals surface area contributed by atoms with Crippen molar-refractivity contribution in [1.29, 1.82) is 0 Å². The maximum atomic E-state index is 12.2. The summed E-state index contributed by atoms with van der Waals surface area (Å²) in [5.41, 5.74) is 1.70. The third-order valence-corrected chi connectivity index (χ3v) is 5.16. The minimum atomic E-state index is -0.554. The maximum Gasteiger partial charge on any atom is 0.321 e. The Bertz CT molecular complexity index is 976. The van der Waals surface area contributed by atoms with Crippen molar-refractivity contribution in [1.82, 2.24) is 25.4 Å². The van der Waals surface area contributed by atoms with Crippen molar-refractivity contribution in [2.45, 2.75) is 17.3 Å². The fourth-order valence-corrected chi connectivity index (χ4v) is 3.42. The molecule has 3 aromatic rings. The fourth-order valence-electron chi connectivity index (χ4n) is 2.43. The van der Waals surface area contributed by atoms with E-state index in [1.165, 1.54) is 18.8 Å². The smallest absolute Gasteiger partial charge is 0.321 e. The molecule has 0 fully saturated rings. The molecule has 0 saturated carbocycles. The molecular formula is C19H18ClN5O2S. The van der Waals surface area contributed by atoms with Crippen molar-refractivity contribution in [3.63, 3.8) is 0 Å². The van der Waals surface area contributed by atoms with Gasteiger partial charge in [-0.3, -0.25) is 14.7 Å². The maximum absolute atomic E-state index is 12.2. The first kappa shape index (κ1) is 19.9. The van der Waals surface area contributed by atoms with E-state index in [2.05, 4.69) is 20.8 Å². The van der Waals surface area contributed by atoms with Crippen molar-refractivity contribution in [3.8, 4) is 17.1 Å². The van der Waals surface area contributed by atoms with Gasteiger partial charge < -0.3 is 5.32 Å². The standard InChI is InChI=1S/C19H18ClN5O2S/c1-12(17(26)22-18(27)21-2)28-19-24-23-16(13-8-10-14(20)11-9-13)25(19)15-6-4-3-5-7-15/h3-12H,1-2H3,(H2,21,22,26,27). The molecule has 1 atom stereocenters. The molecule has 3 rings (SSSR count). The minimum absolute atomic E-state index is 0.417. The zero-order valence-corrected chi connectivity index (χ0v) is 16.8. The summed E-state index contributed by atoms with van der Waals surface area (Å²) in [6, 6.07) is 16.4. The molecule has 144 valence electrons. The summed E-state index contributed by atoms with van der Waals surface area (Å²) >= 11 is 7.21. The van der Waals surface area contributed by atoms with E-state index in [1.54, 1.807) is 19.1 Å². The van der Waals surface area contributed by atoms with E-state index in [0.29, 0.717) is 16.0 Å². The average Bonchev–Trinajstić information content (AvgIpc) is 3.12. The van der Waals surface area contributed by atoms with E-state index in [0.717, 1.165) is 11.3 Å². The number of amides is 3. The summed E-state index contributed by atoms with van der Waals surface area (Å²) in [5, 5.41) is 13.8. The van der Waals surface area contributed by atoms with Crippen molar-refractivity contribution in [3.05, 3.63) is 59.6 Å². The van der Waals surface area contributed by atoms with Gasteiger partial charge in [-0.05, 0) is 43.3 Å². The Hall–Kier alpha value is -2.84. The highest BCUT2D eigenvalue weighted by Gasteiger charge is 2.22. The number of aromatic nitrogens is 3. The molecule has 0 spiro atoms. The number of thioether (sulfide) groups is 1. The molecule has 7 nitrogen and oxygen atoms in total. The van der Waals surface area contributed by atoms with Gasteiger partial charge in [0.25, 0.3) is 0 Å². The lowest BCUT2D eigenvalue weighted by Crippen LogP contribution is -2.41. The molecule has 0 saturated heterocycles. The van der Waals surface area contributed by atoms with E-state index in [4.69, 9.17) is 11.6 Å². The molecule has 1 heterocycles. The zero-order chi connectivity index (χ0) is 20.1. The van der Waals surface area contributed by atoms with Crippen LogP contribution < -0.4 is 10.6 Å². The molecule has 2 aromatic carbocycles. The van der Waals surface area contributed by atoms with Gasteiger partial charge in [-0.15, -0.1) is 10.2 Å². The Morgan fingerprint density at radius 1 is 1.07 bits per heavy atom. The van der Waals surface area contributed by atoms with Crippen LogP contribution in [0, 0.1) is 0 Å². The Labute approximate surface area is 171 Å². The third kappa shape index (κ3) is 4.52. The van der Waals surface area contributed by atoms with Crippen LogP contribution in [-0.4, -0.2) is 39.0 Å². The summed E-state index contributed by atoms with van der Waals surface area (Å²) < 4.78 is 1.87. The Balaban J connectivity index is 1.96. The van der Waals surface area contributed by atoms with Gasteiger partial charge in [-0.25, -0.2) is 4.79 Å². The zero-order valence-electron chi connectivity index (χ0n) is 15.2. The molecule has 0 bridgehead atoms. The highest BCUT2D eigenvalue weighted by atomic mass is 35.5. The molecule has 0 aliphatic carbocycles. The molecule has 1 aromatic heterocycles. The van der Waals surface area contributed by atoms with Crippen LogP contribution in [0.3, 0.4) is 0 Å². The number of benzene rings is 2. The predicted octanol–water partition coefficient (Wildman–Crippen LogP) is 3.52. The molecule has 0 radical (unpaired) electrons. The highest BCUT2D eigenvalue weighted by molar-refractivity contribution is 8.00. The van der Waals surface area contributed by atoms with E-state index in [9.17, 15) is 9.59 Å². The van der Waals surface area contributed by atoms with Gasteiger partial charge in [-0.2, -0.15) is 0 Å². The van der Waals surface area contributed by atoms with Crippen LogP contribution in [0.25, 0.3) is 17.1 Å². The second-order valence-electron chi connectivity index (χ2n) is 5.81. The Kier molecular flexibility index (Phi) is 6.33. The summed E-state index contributed by atoms with van der Waals surface area (Å²) in [6.07, 6.45) is 0. The van der Waals surface area contributed by atoms with Crippen molar-refractivity contribution in [2.24, 2.45) is 0 Å². The second-order valence-corrected chi connectivity index (χ2v) is 7.56. The SMILES string of the molecule is CNC(=O)NC(=O)C(C)Sc1nnc(-c2ccc(Cl)cc2)n1-c1ccccc1. The minimum Gasteiger partial charge on any atom is -0.341 e. The van der Waals surface area contributed by atoms with Crippen molar-refractivity contribution in [2.75, 3.05) is 7.05 Å². The monoisotopic (exact) mass is 415 g/mol. The first-order valence-corrected chi connectivity index (χ1v) is 9.71. The van der Waals surface area contributed by atoms with E-state index in [1.807, 2.05) is 47.0 Å². The number of urea groups is 1. The summed E-state index contributed by atoms with van der Waals surface area (Å²) in [6.45, 7) is 1.70. The van der Waals surface area contributed by atoms with Crippen molar-refractivity contribution < 1.29 is 9.59 Å². The quantitative estimate of drug-likeness (QED) is 0.622. The Morgan fingerprint density at radius 3 is 2.39 bits per heavy atom. The fraction of sp³-hybridized carbons (Fsp3) is 0.158. The number of imide groups is 1. The second kappa shape index (κ2) is 8.90. The number of carbonyl (C=O) groups is 2. The van der Waals surface area contributed by atoms with Gasteiger partial charge in [0.15, 0.2) is 11.0 Å². The normalized spacial score (nSPS) is 11.7. The summed E-state index contributed by atoms with van der Waals surface area (Å²) in [7, 11) is 1.45. The molecular weight excluding hydrogens is 398 g/mol. The third-order valence-electron chi connectivity index (χ3n) is 3.87. The lowest BCUT2D eigenvalue weighted by Gasteiger charge is -2.13. The van der Waals surface area contributed by atoms with Crippen LogP contribution in [0.2, 0.25) is 5.02 Å². The van der Waals surface area contributed by atoms with Gasteiger partial charge in [0.1, 0.15) is 0 Å². The van der Waals surface area contributed by atoms with Gasteiger partial charge in [0.2, 0.25) is 5.91 Å². The largest absolute Gasteiger partial charge is 0.341 e. The number of halogens is 1. The molecule has 1 unspecified atom stereocenters. The number of carbonyl (C=O) groups excluding carboxylic acids is 2. The van der Waals surface area contributed by atoms with Crippen molar-refractivity contribution >= 4 is 35.3 Å². The summed E-state index contributed by atoms with van der Waals surface area (Å²) in [5.74, 6) is 0.212. The summed E-state index contributed by atoms with van der Waals surface area (Å²) in [4.78, 5) is 23.6. The van der Waals surface area contributed by atoms with Crippen LogP contribution in [0.4, 0.5) is 4.79 Å². The average molecular weight is 416 g/mol. The van der Waals surface area contributed by atoms with Crippen LogP contribution in [0.5, 0.6) is 0 Å². The van der Waals surface area contributed by atoms with Gasteiger partial charge >= 0.3 is 6.03 Å². The molecule has 0 aliphatic rings. The predicted molar refractivity (Wildman–Crippen MR) is 110 cm³/mol. The van der Waals surface area contributed by atoms with Crippen LogP contribution in [0.1, 0.15) is 6.92 Å². The number of rotatable bonds is 5. The highest BCUT2D eigenvalue weighted by Crippen LogP contribution is 2.30. The first-order chi connectivity index (χ1) is 13.5. The number of nitrogens with one attached hydrogen (secondary N) is 2. The molecule has 28 heavy (non-hydrogen) atoms. The number of hydrogen-bond acceptors (Lipinski definition) is 5. The van der Waals surface area contributed by atoms with Crippen LogP contribution in [0.15, 0.2) is 59.8 Å². The Morgan fingerprint density at radius 2 is 1.75 bits per heavy atom. The number of hydrogen-bond donors (Lipinski definition) is 2. The molecule has 9 heteroatoms. The van der Waals surface area contributed by atoms with Gasteiger partial charge in [-0.1, -0.05) is 41.6 Å². The molecule has 3 amide bonds.